The van der Waals surface area contributed by atoms with Gasteiger partial charge in [0.1, 0.15) is 12.1 Å². The van der Waals surface area contributed by atoms with Gasteiger partial charge in [-0.3, -0.25) is 23.7 Å². The third-order valence-corrected chi connectivity index (χ3v) is 3.62. The molecule has 9 nitrogen and oxygen atoms in total. The normalized spacial score (nSPS) is 12.6. The highest BCUT2D eigenvalue weighted by Crippen LogP contribution is 2.20. The molecule has 0 saturated carbocycles. The van der Waals surface area contributed by atoms with Gasteiger partial charge in [-0.2, -0.15) is 0 Å². The van der Waals surface area contributed by atoms with Crippen molar-refractivity contribution >= 4 is 29.5 Å². The summed E-state index contributed by atoms with van der Waals surface area (Å²) in [5.41, 5.74) is -0.597. The van der Waals surface area contributed by atoms with Gasteiger partial charge in [-0.15, -0.1) is 0 Å². The van der Waals surface area contributed by atoms with E-state index in [0.717, 1.165) is 5.75 Å². The number of carboxylic acid groups (broad SMARTS) is 1. The second-order valence-electron chi connectivity index (χ2n) is 4.11. The van der Waals surface area contributed by atoms with Gasteiger partial charge in [0, 0.05) is 18.5 Å². The molecule has 0 spiro atoms. The van der Waals surface area contributed by atoms with E-state index >= 15 is 0 Å². The number of carbonyl (C=O) groups excluding carboxylic acids is 2. The van der Waals surface area contributed by atoms with Crippen LogP contribution in [0.25, 0.3) is 0 Å². The van der Waals surface area contributed by atoms with E-state index < -0.39 is 36.4 Å². The van der Waals surface area contributed by atoms with Crippen LogP contribution in [0.15, 0.2) is 16.1 Å². The number of carboxylic acids is 1. The molecule has 0 fully saturated rings. The molecule has 112 valence electrons. The van der Waals surface area contributed by atoms with Crippen LogP contribution in [-0.4, -0.2) is 51.3 Å². The van der Waals surface area contributed by atoms with Gasteiger partial charge in [-0.1, -0.05) is 11.8 Å². The van der Waals surface area contributed by atoms with E-state index in [0.29, 0.717) is 11.7 Å². The summed E-state index contributed by atoms with van der Waals surface area (Å²) in [6, 6.07) is 0. The standard InChI is InChI=1S/C11H12N4O5S/c16-7(12-5-8(17)18)4-13-9(19)6-3-14-11-15(10(6)20)1-2-21-11/h3H,1-2,4-5H2,(H,12,16)(H,13,19)(H,17,18). The molecule has 2 heterocycles. The Morgan fingerprint density at radius 3 is 2.81 bits per heavy atom. The lowest BCUT2D eigenvalue weighted by Gasteiger charge is -2.06. The predicted octanol–water partition coefficient (Wildman–Crippen LogP) is -1.72. The first-order valence-corrected chi connectivity index (χ1v) is 6.97. The Labute approximate surface area is 122 Å². The maximum Gasteiger partial charge on any atom is 0.322 e. The molecule has 1 aromatic rings. The smallest absolute Gasteiger partial charge is 0.322 e. The highest BCUT2D eigenvalue weighted by atomic mass is 32.2. The van der Waals surface area contributed by atoms with Gasteiger partial charge >= 0.3 is 5.97 Å². The first-order chi connectivity index (χ1) is 9.99. The SMILES string of the molecule is O=C(O)CNC(=O)CNC(=O)c1cnc2n(c1=O)CCS2. The van der Waals surface area contributed by atoms with Crippen molar-refractivity contribution in [1.29, 1.82) is 0 Å². The molecule has 3 N–H and O–H groups in total. The molecular formula is C11H12N4O5S. The molecule has 1 aromatic heterocycles. The molecule has 0 saturated heterocycles. The third-order valence-electron chi connectivity index (χ3n) is 2.65. The lowest BCUT2D eigenvalue weighted by molar-refractivity contribution is -0.137. The molecule has 0 aromatic carbocycles. The van der Waals surface area contributed by atoms with Gasteiger partial charge in [0.05, 0.1) is 6.54 Å². The van der Waals surface area contributed by atoms with Crippen LogP contribution in [-0.2, 0) is 16.1 Å². The number of fused-ring (bicyclic) bond motifs is 1. The average Bonchev–Trinajstić information content (AvgIpc) is 2.92. The number of nitrogens with zero attached hydrogens (tertiary/aromatic N) is 2. The fourth-order valence-corrected chi connectivity index (χ4v) is 2.58. The van der Waals surface area contributed by atoms with Crippen molar-refractivity contribution in [3.63, 3.8) is 0 Å². The highest BCUT2D eigenvalue weighted by Gasteiger charge is 2.20. The Bertz CT molecular complexity index is 657. The molecule has 1 aliphatic heterocycles. The minimum atomic E-state index is -1.19. The zero-order chi connectivity index (χ0) is 15.4. The Balaban J connectivity index is 1.97. The van der Waals surface area contributed by atoms with Crippen molar-refractivity contribution in [1.82, 2.24) is 20.2 Å². The highest BCUT2D eigenvalue weighted by molar-refractivity contribution is 7.99. The van der Waals surface area contributed by atoms with Crippen LogP contribution in [0, 0.1) is 0 Å². The van der Waals surface area contributed by atoms with Crippen molar-refractivity contribution in [3.8, 4) is 0 Å². The maximum atomic E-state index is 12.0. The molecule has 0 bridgehead atoms. The summed E-state index contributed by atoms with van der Waals surface area (Å²) in [4.78, 5) is 49.4. The van der Waals surface area contributed by atoms with Crippen molar-refractivity contribution in [3.05, 3.63) is 22.1 Å². The van der Waals surface area contributed by atoms with Gasteiger partial charge in [0.25, 0.3) is 11.5 Å². The fraction of sp³-hybridized carbons (Fsp3) is 0.364. The zero-order valence-corrected chi connectivity index (χ0v) is 11.6. The minimum absolute atomic E-state index is 0.146. The minimum Gasteiger partial charge on any atom is -0.480 e. The molecule has 21 heavy (non-hydrogen) atoms. The summed E-state index contributed by atoms with van der Waals surface area (Å²) in [5.74, 6) is -1.83. The largest absolute Gasteiger partial charge is 0.480 e. The summed E-state index contributed by atoms with van der Waals surface area (Å²) in [6.07, 6.45) is 1.18. The number of thioether (sulfide) groups is 1. The lowest BCUT2D eigenvalue weighted by atomic mass is 10.3. The van der Waals surface area contributed by atoms with Gasteiger partial charge in [-0.05, 0) is 0 Å². The van der Waals surface area contributed by atoms with Gasteiger partial charge in [0.2, 0.25) is 5.91 Å². The quantitative estimate of drug-likeness (QED) is 0.551. The van der Waals surface area contributed by atoms with Crippen LogP contribution in [0.3, 0.4) is 0 Å². The molecule has 0 radical (unpaired) electrons. The second kappa shape index (κ2) is 6.39. The number of amides is 2. The molecule has 10 heteroatoms. The van der Waals surface area contributed by atoms with Crippen molar-refractivity contribution in [2.45, 2.75) is 11.7 Å². The molecule has 2 rings (SSSR count). The van der Waals surface area contributed by atoms with Crippen LogP contribution in [0.5, 0.6) is 0 Å². The zero-order valence-electron chi connectivity index (χ0n) is 10.8. The summed E-state index contributed by atoms with van der Waals surface area (Å²) >= 11 is 1.43. The summed E-state index contributed by atoms with van der Waals surface area (Å²) < 4.78 is 1.41. The van der Waals surface area contributed by atoms with E-state index in [-0.39, 0.29) is 5.56 Å². The number of aliphatic carboxylic acids is 1. The number of carbonyl (C=O) groups is 3. The van der Waals surface area contributed by atoms with Crippen LogP contribution in [0.1, 0.15) is 10.4 Å². The maximum absolute atomic E-state index is 12.0. The van der Waals surface area contributed by atoms with Crippen LogP contribution < -0.4 is 16.2 Å². The van der Waals surface area contributed by atoms with Crippen molar-refractivity contribution in [2.24, 2.45) is 0 Å². The molecular weight excluding hydrogens is 300 g/mol. The first kappa shape index (κ1) is 15.0. The molecule has 2 amide bonds. The fourth-order valence-electron chi connectivity index (χ4n) is 1.67. The van der Waals surface area contributed by atoms with Gasteiger partial charge in [0.15, 0.2) is 5.16 Å². The molecule has 0 atom stereocenters. The topological polar surface area (TPSA) is 130 Å². The Hall–Kier alpha value is -2.36. The van der Waals surface area contributed by atoms with E-state index in [1.54, 1.807) is 0 Å². The van der Waals surface area contributed by atoms with Gasteiger partial charge in [-0.25, -0.2) is 4.98 Å². The monoisotopic (exact) mass is 312 g/mol. The van der Waals surface area contributed by atoms with Crippen molar-refractivity contribution in [2.75, 3.05) is 18.8 Å². The molecule has 0 unspecified atom stereocenters. The van der Waals surface area contributed by atoms with Crippen molar-refractivity contribution < 1.29 is 19.5 Å². The van der Waals surface area contributed by atoms with E-state index in [9.17, 15) is 19.2 Å². The number of hydrogen-bond acceptors (Lipinski definition) is 6. The third kappa shape index (κ3) is 3.60. The number of nitrogens with one attached hydrogen (secondary N) is 2. The molecule has 1 aliphatic rings. The Morgan fingerprint density at radius 1 is 1.33 bits per heavy atom. The van der Waals surface area contributed by atoms with Crippen LogP contribution in [0.2, 0.25) is 0 Å². The van der Waals surface area contributed by atoms with Gasteiger partial charge < -0.3 is 15.7 Å². The summed E-state index contributed by atoms with van der Waals surface area (Å²) in [7, 11) is 0. The summed E-state index contributed by atoms with van der Waals surface area (Å²) in [5, 5.41) is 13.3. The lowest BCUT2D eigenvalue weighted by Crippen LogP contribution is -2.41. The number of hydrogen-bond donors (Lipinski definition) is 3. The Morgan fingerprint density at radius 2 is 2.10 bits per heavy atom. The Kier molecular flexibility index (Phi) is 4.58. The number of aromatic nitrogens is 2. The molecule has 0 aliphatic carbocycles. The van der Waals surface area contributed by atoms with Crippen LogP contribution >= 0.6 is 11.8 Å². The first-order valence-electron chi connectivity index (χ1n) is 5.98. The second-order valence-corrected chi connectivity index (χ2v) is 5.17. The van der Waals surface area contributed by atoms with E-state index in [1.807, 2.05) is 0 Å². The van der Waals surface area contributed by atoms with Crippen LogP contribution in [0.4, 0.5) is 0 Å². The summed E-state index contributed by atoms with van der Waals surface area (Å²) in [6.45, 7) is -0.455. The van der Waals surface area contributed by atoms with E-state index in [1.165, 1.54) is 22.5 Å². The number of rotatable bonds is 5. The average molecular weight is 312 g/mol. The predicted molar refractivity (Wildman–Crippen MR) is 72.2 cm³/mol. The van der Waals surface area contributed by atoms with E-state index in [2.05, 4.69) is 15.6 Å². The van der Waals surface area contributed by atoms with E-state index in [4.69, 9.17) is 5.11 Å².